The molecule has 0 saturated heterocycles. The van der Waals surface area contributed by atoms with Gasteiger partial charge in [0.05, 0.1) is 0 Å². The van der Waals surface area contributed by atoms with Gasteiger partial charge < -0.3 is 15.5 Å². The van der Waals surface area contributed by atoms with Gasteiger partial charge in [0.2, 0.25) is 5.91 Å². The Kier molecular flexibility index (Phi) is 6.88. The van der Waals surface area contributed by atoms with Crippen molar-refractivity contribution in [2.24, 2.45) is 5.92 Å². The van der Waals surface area contributed by atoms with E-state index in [1.807, 2.05) is 45.0 Å². The Hall–Kier alpha value is -1.88. The number of amides is 2. The van der Waals surface area contributed by atoms with Crippen LogP contribution in [0.15, 0.2) is 24.3 Å². The van der Waals surface area contributed by atoms with Gasteiger partial charge in [0.25, 0.3) is 5.91 Å². The summed E-state index contributed by atoms with van der Waals surface area (Å²) >= 11 is 0. The highest BCUT2D eigenvalue weighted by Crippen LogP contribution is 2.05. The molecule has 1 rings (SSSR count). The maximum atomic E-state index is 11.9. The Bertz CT molecular complexity index is 467. The molecule has 21 heavy (non-hydrogen) atoms. The largest absolute Gasteiger partial charge is 0.352 e. The van der Waals surface area contributed by atoms with E-state index in [2.05, 4.69) is 10.6 Å². The Labute approximate surface area is 126 Å². The van der Waals surface area contributed by atoms with Crippen LogP contribution >= 0.6 is 0 Å². The number of benzene rings is 1. The van der Waals surface area contributed by atoms with Crippen LogP contribution in [0.2, 0.25) is 0 Å². The van der Waals surface area contributed by atoms with E-state index < -0.39 is 0 Å². The minimum absolute atomic E-state index is 0.0215. The molecule has 1 aromatic rings. The Morgan fingerprint density at radius 2 is 1.71 bits per heavy atom. The monoisotopic (exact) mass is 291 g/mol. The predicted octanol–water partition coefficient (Wildman–Crippen LogP) is 1.25. The molecule has 0 spiro atoms. The fraction of sp³-hybridized carbons (Fsp3) is 0.500. The number of rotatable bonds is 7. The van der Waals surface area contributed by atoms with Gasteiger partial charge >= 0.3 is 0 Å². The lowest BCUT2D eigenvalue weighted by Crippen LogP contribution is -2.31. The Balaban J connectivity index is 2.46. The first-order chi connectivity index (χ1) is 9.90. The molecule has 0 saturated carbocycles. The summed E-state index contributed by atoms with van der Waals surface area (Å²) < 4.78 is 0. The zero-order chi connectivity index (χ0) is 15.8. The van der Waals surface area contributed by atoms with E-state index in [1.54, 1.807) is 12.1 Å². The molecule has 0 heterocycles. The first-order valence-electron chi connectivity index (χ1n) is 7.19. The van der Waals surface area contributed by atoms with Crippen molar-refractivity contribution in [1.29, 1.82) is 0 Å². The maximum absolute atomic E-state index is 11.9. The first kappa shape index (κ1) is 17.2. The van der Waals surface area contributed by atoms with E-state index in [0.29, 0.717) is 18.7 Å². The van der Waals surface area contributed by atoms with Crippen molar-refractivity contribution in [2.75, 3.05) is 27.2 Å². The highest BCUT2D eigenvalue weighted by molar-refractivity contribution is 5.94. The topological polar surface area (TPSA) is 61.4 Å². The number of likely N-dealkylation sites (N-methyl/N-ethyl adjacent to an activating group) is 1. The molecule has 0 aliphatic heterocycles. The minimum Gasteiger partial charge on any atom is -0.352 e. The van der Waals surface area contributed by atoms with Crippen LogP contribution in [0.4, 0.5) is 0 Å². The summed E-state index contributed by atoms with van der Waals surface area (Å²) in [7, 11) is 3.93. The van der Waals surface area contributed by atoms with Crippen LogP contribution in [0.25, 0.3) is 0 Å². The molecule has 2 N–H and O–H groups in total. The molecule has 116 valence electrons. The molecule has 0 aliphatic carbocycles. The average Bonchev–Trinajstić information content (AvgIpc) is 2.44. The minimum atomic E-state index is -0.0744. The fourth-order valence-corrected chi connectivity index (χ4v) is 1.66. The molecule has 0 aromatic heterocycles. The van der Waals surface area contributed by atoms with Crippen LogP contribution in [0.5, 0.6) is 0 Å². The van der Waals surface area contributed by atoms with Crippen LogP contribution in [-0.2, 0) is 11.3 Å². The zero-order valence-corrected chi connectivity index (χ0v) is 13.3. The van der Waals surface area contributed by atoms with Gasteiger partial charge in [-0.3, -0.25) is 9.59 Å². The van der Waals surface area contributed by atoms with Gasteiger partial charge in [0, 0.05) is 31.1 Å². The van der Waals surface area contributed by atoms with E-state index in [1.165, 1.54) is 0 Å². The third kappa shape index (κ3) is 6.40. The lowest BCUT2D eigenvalue weighted by molar-refractivity contribution is -0.124. The van der Waals surface area contributed by atoms with Crippen molar-refractivity contribution in [3.8, 4) is 0 Å². The summed E-state index contributed by atoms with van der Waals surface area (Å²) in [6.07, 6.45) is 0. The zero-order valence-electron chi connectivity index (χ0n) is 13.3. The predicted molar refractivity (Wildman–Crippen MR) is 84.0 cm³/mol. The highest BCUT2D eigenvalue weighted by atomic mass is 16.2. The summed E-state index contributed by atoms with van der Waals surface area (Å²) in [6.45, 7) is 5.63. The Morgan fingerprint density at radius 3 is 2.24 bits per heavy atom. The SMILES string of the molecule is CC(C)C(=O)NCc1ccc(C(=O)NCCN(C)C)cc1. The molecule has 0 fully saturated rings. The molecule has 5 nitrogen and oxygen atoms in total. The number of carbonyl (C=O) groups is 2. The molecule has 0 unspecified atom stereocenters. The fourth-order valence-electron chi connectivity index (χ4n) is 1.66. The highest BCUT2D eigenvalue weighted by Gasteiger charge is 2.07. The van der Waals surface area contributed by atoms with E-state index in [0.717, 1.165) is 12.1 Å². The van der Waals surface area contributed by atoms with Crippen LogP contribution < -0.4 is 10.6 Å². The summed E-state index contributed by atoms with van der Waals surface area (Å²) in [5.74, 6) is -0.0677. The standard InChI is InChI=1S/C16H25N3O2/c1-12(2)15(20)18-11-13-5-7-14(8-6-13)16(21)17-9-10-19(3)4/h5-8,12H,9-11H2,1-4H3,(H,17,21)(H,18,20). The van der Waals surface area contributed by atoms with Gasteiger partial charge in [-0.2, -0.15) is 0 Å². The first-order valence-corrected chi connectivity index (χ1v) is 7.19. The van der Waals surface area contributed by atoms with Crippen molar-refractivity contribution in [3.05, 3.63) is 35.4 Å². The molecule has 0 aliphatic rings. The molecule has 0 bridgehead atoms. The summed E-state index contributed by atoms with van der Waals surface area (Å²) in [5.41, 5.74) is 1.61. The van der Waals surface area contributed by atoms with Crippen molar-refractivity contribution in [2.45, 2.75) is 20.4 Å². The van der Waals surface area contributed by atoms with Crippen LogP contribution in [-0.4, -0.2) is 43.9 Å². The van der Waals surface area contributed by atoms with E-state index in [4.69, 9.17) is 0 Å². The van der Waals surface area contributed by atoms with Gasteiger partial charge in [-0.05, 0) is 31.8 Å². The lowest BCUT2D eigenvalue weighted by atomic mass is 10.1. The number of nitrogens with zero attached hydrogens (tertiary/aromatic N) is 1. The molecule has 2 amide bonds. The lowest BCUT2D eigenvalue weighted by Gasteiger charge is -2.11. The van der Waals surface area contributed by atoms with Crippen LogP contribution in [0.3, 0.4) is 0 Å². The number of hydrogen-bond acceptors (Lipinski definition) is 3. The normalized spacial score (nSPS) is 10.8. The van der Waals surface area contributed by atoms with E-state index in [9.17, 15) is 9.59 Å². The second-order valence-electron chi connectivity index (χ2n) is 5.63. The van der Waals surface area contributed by atoms with Gasteiger partial charge in [-0.25, -0.2) is 0 Å². The molecular weight excluding hydrogens is 266 g/mol. The molecule has 0 radical (unpaired) electrons. The van der Waals surface area contributed by atoms with Gasteiger partial charge in [0.15, 0.2) is 0 Å². The molecule has 5 heteroatoms. The number of hydrogen-bond donors (Lipinski definition) is 2. The average molecular weight is 291 g/mol. The molecule has 1 aromatic carbocycles. The quantitative estimate of drug-likeness (QED) is 0.795. The number of carbonyl (C=O) groups excluding carboxylic acids is 2. The summed E-state index contributed by atoms with van der Waals surface area (Å²) in [5, 5.41) is 5.71. The van der Waals surface area contributed by atoms with E-state index >= 15 is 0 Å². The van der Waals surface area contributed by atoms with Crippen LogP contribution in [0.1, 0.15) is 29.8 Å². The van der Waals surface area contributed by atoms with Crippen molar-refractivity contribution < 1.29 is 9.59 Å². The van der Waals surface area contributed by atoms with Crippen molar-refractivity contribution in [3.63, 3.8) is 0 Å². The van der Waals surface area contributed by atoms with Gasteiger partial charge in [-0.1, -0.05) is 26.0 Å². The van der Waals surface area contributed by atoms with Gasteiger partial charge in [-0.15, -0.1) is 0 Å². The number of nitrogens with one attached hydrogen (secondary N) is 2. The Morgan fingerprint density at radius 1 is 1.10 bits per heavy atom. The smallest absolute Gasteiger partial charge is 0.251 e. The third-order valence-corrected chi connectivity index (χ3v) is 3.05. The third-order valence-electron chi connectivity index (χ3n) is 3.05. The van der Waals surface area contributed by atoms with Crippen molar-refractivity contribution >= 4 is 11.8 Å². The summed E-state index contributed by atoms with van der Waals surface area (Å²) in [6, 6.07) is 7.28. The molecule has 0 atom stereocenters. The van der Waals surface area contributed by atoms with Crippen molar-refractivity contribution in [1.82, 2.24) is 15.5 Å². The second-order valence-corrected chi connectivity index (χ2v) is 5.63. The maximum Gasteiger partial charge on any atom is 0.251 e. The van der Waals surface area contributed by atoms with E-state index in [-0.39, 0.29) is 17.7 Å². The second kappa shape index (κ2) is 8.42. The van der Waals surface area contributed by atoms with Crippen LogP contribution in [0, 0.1) is 5.92 Å². The summed E-state index contributed by atoms with van der Waals surface area (Å²) in [4.78, 5) is 25.4. The van der Waals surface area contributed by atoms with Gasteiger partial charge in [0.1, 0.15) is 0 Å². The molecular formula is C16H25N3O2.